The molecule has 17 nitrogen and oxygen atoms in total. The van der Waals surface area contributed by atoms with Crippen molar-refractivity contribution in [3.63, 3.8) is 0 Å². The fourth-order valence-corrected chi connectivity index (χ4v) is 4.77. The van der Waals surface area contributed by atoms with E-state index in [1.807, 2.05) is 0 Å². The number of nitro groups is 4. The van der Waals surface area contributed by atoms with Gasteiger partial charge in [0.05, 0.1) is 43.2 Å². The summed E-state index contributed by atoms with van der Waals surface area (Å²) in [6.45, 7) is 0. The Hall–Kier alpha value is -7.30. The number of hydrogen-bond acceptors (Lipinski definition) is 10. The SMILES string of the molecule is O=C(Nc1cc([N+](=O)[O-])cc([N+](=O)[O-])c1)c1[nH]c(C(=O)Nc2cc([N+](=O)[O-])cc([N+](=O)[O-])c2)c(-c2ccccc2)c1-c1ccccc1. The summed E-state index contributed by atoms with van der Waals surface area (Å²) in [4.78, 5) is 72.6. The minimum Gasteiger partial charge on any atom is -0.345 e. The maximum atomic E-state index is 13.8. The molecule has 0 atom stereocenters. The molecule has 2 amide bonds. The number of aromatic nitrogens is 1. The zero-order valence-electron chi connectivity index (χ0n) is 23.6. The highest BCUT2D eigenvalue weighted by atomic mass is 16.6. The summed E-state index contributed by atoms with van der Waals surface area (Å²) < 4.78 is 0. The van der Waals surface area contributed by atoms with Crippen LogP contribution in [-0.2, 0) is 0 Å². The van der Waals surface area contributed by atoms with Gasteiger partial charge in [-0.1, -0.05) is 60.7 Å². The molecule has 0 unspecified atom stereocenters. The van der Waals surface area contributed by atoms with E-state index in [9.17, 15) is 50.0 Å². The van der Waals surface area contributed by atoms with Gasteiger partial charge < -0.3 is 15.6 Å². The van der Waals surface area contributed by atoms with Crippen molar-refractivity contribution in [2.45, 2.75) is 0 Å². The molecule has 0 radical (unpaired) electrons. The molecule has 0 aliphatic heterocycles. The van der Waals surface area contributed by atoms with E-state index in [0.717, 1.165) is 36.4 Å². The van der Waals surface area contributed by atoms with Crippen LogP contribution in [0.4, 0.5) is 34.1 Å². The average molecular weight is 638 g/mol. The fraction of sp³-hybridized carbons (Fsp3) is 0. The van der Waals surface area contributed by atoms with E-state index in [4.69, 9.17) is 0 Å². The quantitative estimate of drug-likeness (QED) is 0.111. The smallest absolute Gasteiger partial charge is 0.278 e. The molecule has 0 aliphatic rings. The van der Waals surface area contributed by atoms with Gasteiger partial charge in [-0.15, -0.1) is 0 Å². The van der Waals surface area contributed by atoms with E-state index >= 15 is 0 Å². The third-order valence-electron chi connectivity index (χ3n) is 6.74. The second-order valence-electron chi connectivity index (χ2n) is 9.77. The third kappa shape index (κ3) is 6.63. The molecule has 0 saturated heterocycles. The molecule has 17 heteroatoms. The van der Waals surface area contributed by atoms with Crippen molar-refractivity contribution in [2.75, 3.05) is 10.6 Å². The number of amides is 2. The van der Waals surface area contributed by atoms with E-state index in [0.29, 0.717) is 11.1 Å². The maximum absolute atomic E-state index is 13.8. The molecule has 1 heterocycles. The molecule has 0 saturated carbocycles. The van der Waals surface area contributed by atoms with Gasteiger partial charge in [0.2, 0.25) is 0 Å². The topological polar surface area (TPSA) is 247 Å². The molecular formula is C30H19N7O10. The Morgan fingerprint density at radius 1 is 0.489 bits per heavy atom. The number of anilines is 2. The summed E-state index contributed by atoms with van der Waals surface area (Å²) in [5, 5.41) is 50.5. The van der Waals surface area contributed by atoms with Gasteiger partial charge in [0.25, 0.3) is 34.6 Å². The van der Waals surface area contributed by atoms with Crippen molar-refractivity contribution in [3.05, 3.63) is 149 Å². The van der Waals surface area contributed by atoms with E-state index in [-0.39, 0.29) is 33.9 Å². The molecule has 1 aromatic heterocycles. The first kappa shape index (κ1) is 31.1. The molecule has 3 N–H and O–H groups in total. The monoisotopic (exact) mass is 637 g/mol. The summed E-state index contributed by atoms with van der Waals surface area (Å²) in [7, 11) is 0. The first-order chi connectivity index (χ1) is 22.4. The zero-order chi connectivity index (χ0) is 33.8. The lowest BCUT2D eigenvalue weighted by Crippen LogP contribution is -2.16. The number of benzene rings is 4. The number of rotatable bonds is 10. The van der Waals surface area contributed by atoms with E-state index in [2.05, 4.69) is 15.6 Å². The first-order valence-corrected chi connectivity index (χ1v) is 13.3. The second kappa shape index (κ2) is 12.7. The van der Waals surface area contributed by atoms with E-state index < -0.39 is 54.3 Å². The van der Waals surface area contributed by atoms with Crippen LogP contribution >= 0.6 is 0 Å². The van der Waals surface area contributed by atoms with Crippen LogP contribution in [0.2, 0.25) is 0 Å². The summed E-state index contributed by atoms with van der Waals surface area (Å²) in [5.74, 6) is -1.86. The van der Waals surface area contributed by atoms with E-state index in [1.165, 1.54) is 0 Å². The third-order valence-corrected chi connectivity index (χ3v) is 6.74. The number of nitrogens with zero attached hydrogens (tertiary/aromatic N) is 4. The van der Waals surface area contributed by atoms with Gasteiger partial charge in [-0.2, -0.15) is 0 Å². The molecule has 4 aromatic carbocycles. The highest BCUT2D eigenvalue weighted by molar-refractivity contribution is 6.16. The molecular weight excluding hydrogens is 618 g/mol. The van der Waals surface area contributed by atoms with Gasteiger partial charge in [0.1, 0.15) is 11.4 Å². The van der Waals surface area contributed by atoms with Crippen LogP contribution < -0.4 is 10.6 Å². The minimum atomic E-state index is -0.930. The summed E-state index contributed by atoms with van der Waals surface area (Å²) in [6.07, 6.45) is 0. The van der Waals surface area contributed by atoms with Crippen molar-refractivity contribution in [2.24, 2.45) is 0 Å². The Balaban J connectivity index is 1.68. The number of nitro benzene ring substituents is 4. The lowest BCUT2D eigenvalue weighted by atomic mass is 9.94. The Kier molecular flexibility index (Phi) is 8.44. The zero-order valence-corrected chi connectivity index (χ0v) is 23.6. The van der Waals surface area contributed by atoms with Crippen molar-refractivity contribution in [1.82, 2.24) is 4.98 Å². The van der Waals surface area contributed by atoms with Gasteiger partial charge >= 0.3 is 0 Å². The van der Waals surface area contributed by atoms with Crippen LogP contribution in [0.3, 0.4) is 0 Å². The molecule has 0 aliphatic carbocycles. The number of carbonyl (C=O) groups excluding carboxylic acids is 2. The predicted octanol–water partition coefficient (Wildman–Crippen LogP) is 6.49. The molecule has 47 heavy (non-hydrogen) atoms. The summed E-state index contributed by atoms with van der Waals surface area (Å²) in [5.41, 5.74) is -2.32. The summed E-state index contributed by atoms with van der Waals surface area (Å²) in [6, 6.07) is 21.9. The number of H-pyrrole nitrogens is 1. The standard InChI is InChI=1S/C30H19N7O10/c38-29(31-19-11-21(34(40)41)15-22(12-19)35(42)43)27-25(17-7-3-1-4-8-17)26(18-9-5-2-6-10-18)28(33-27)30(39)32-20-13-23(36(44)45)16-24(14-20)37(46)47/h1-16,33H,(H,31,38)(H,32,39). The lowest BCUT2D eigenvalue weighted by molar-refractivity contribution is -0.394. The van der Waals surface area contributed by atoms with E-state index in [1.54, 1.807) is 60.7 Å². The number of hydrogen-bond donors (Lipinski definition) is 3. The van der Waals surface area contributed by atoms with Gasteiger partial charge in [-0.05, 0) is 11.1 Å². The normalized spacial score (nSPS) is 10.6. The fourth-order valence-electron chi connectivity index (χ4n) is 4.77. The number of nitrogens with one attached hydrogen (secondary N) is 3. The van der Waals surface area contributed by atoms with Crippen molar-refractivity contribution in [3.8, 4) is 22.3 Å². The molecule has 0 fully saturated rings. The van der Waals surface area contributed by atoms with Gasteiger partial charge in [-0.25, -0.2) is 0 Å². The van der Waals surface area contributed by atoms with Crippen LogP contribution in [0.5, 0.6) is 0 Å². The number of aromatic amines is 1. The molecule has 5 rings (SSSR count). The van der Waals surface area contributed by atoms with Crippen molar-refractivity contribution in [1.29, 1.82) is 0 Å². The highest BCUT2D eigenvalue weighted by Crippen LogP contribution is 2.39. The number of non-ortho nitro benzene ring substituents is 4. The van der Waals surface area contributed by atoms with Crippen LogP contribution in [0.25, 0.3) is 22.3 Å². The largest absolute Gasteiger partial charge is 0.345 e. The highest BCUT2D eigenvalue weighted by Gasteiger charge is 2.29. The minimum absolute atomic E-state index is 0.199. The van der Waals surface area contributed by atoms with Crippen LogP contribution in [0, 0.1) is 40.5 Å². The maximum Gasteiger partial charge on any atom is 0.278 e. The Bertz CT molecular complexity index is 1890. The second-order valence-corrected chi connectivity index (χ2v) is 9.77. The Morgan fingerprint density at radius 3 is 1.06 bits per heavy atom. The van der Waals surface area contributed by atoms with Crippen LogP contribution in [0.1, 0.15) is 21.0 Å². The predicted molar refractivity (Wildman–Crippen MR) is 167 cm³/mol. The van der Waals surface area contributed by atoms with Crippen LogP contribution in [0.15, 0.2) is 97.1 Å². The van der Waals surface area contributed by atoms with Gasteiger partial charge in [0.15, 0.2) is 0 Å². The van der Waals surface area contributed by atoms with Crippen molar-refractivity contribution >= 4 is 45.9 Å². The van der Waals surface area contributed by atoms with Crippen LogP contribution in [-0.4, -0.2) is 36.5 Å². The van der Waals surface area contributed by atoms with Gasteiger partial charge in [-0.3, -0.25) is 50.0 Å². The lowest BCUT2D eigenvalue weighted by Gasteiger charge is -2.10. The molecule has 234 valence electrons. The summed E-state index contributed by atoms with van der Waals surface area (Å²) >= 11 is 0. The average Bonchev–Trinajstić information content (AvgIpc) is 3.46. The molecule has 0 bridgehead atoms. The van der Waals surface area contributed by atoms with Gasteiger partial charge in [0, 0.05) is 35.4 Å². The Labute approximate surface area is 262 Å². The number of carbonyl (C=O) groups is 2. The molecule has 5 aromatic rings. The Morgan fingerprint density at radius 2 is 0.787 bits per heavy atom. The molecule has 0 spiro atoms. The first-order valence-electron chi connectivity index (χ1n) is 13.3. The van der Waals surface area contributed by atoms with Crippen molar-refractivity contribution < 1.29 is 29.3 Å².